The molecule has 1 aliphatic rings. The maximum absolute atomic E-state index is 12.7. The van der Waals surface area contributed by atoms with E-state index in [9.17, 15) is 18.3 Å². The summed E-state index contributed by atoms with van der Waals surface area (Å²) in [5.41, 5.74) is 0.817. The first kappa shape index (κ1) is 18.9. The first-order valence-corrected chi connectivity index (χ1v) is 10.4. The molecular formula is C18H19BrN2O4S. The third kappa shape index (κ3) is 4.25. The Bertz CT molecular complexity index is 892. The number of phenols is 1. The maximum Gasteiger partial charge on any atom is 0.243 e. The number of carbonyl (C=O) groups excluding carboxylic acids is 1. The van der Waals surface area contributed by atoms with Crippen LogP contribution in [0.3, 0.4) is 0 Å². The van der Waals surface area contributed by atoms with Crippen molar-refractivity contribution in [3.8, 4) is 5.75 Å². The molecule has 0 bridgehead atoms. The zero-order valence-corrected chi connectivity index (χ0v) is 16.4. The molecule has 3 rings (SSSR count). The van der Waals surface area contributed by atoms with Crippen molar-refractivity contribution in [2.45, 2.75) is 11.3 Å². The first-order valence-electron chi connectivity index (χ1n) is 8.18. The molecule has 1 saturated heterocycles. The average molecular weight is 439 g/mol. The van der Waals surface area contributed by atoms with Gasteiger partial charge in [0.15, 0.2) is 0 Å². The summed E-state index contributed by atoms with van der Waals surface area (Å²) in [6, 6.07) is 13.1. The summed E-state index contributed by atoms with van der Waals surface area (Å²) in [7, 11) is -3.56. The SMILES string of the molecule is O=C(Cc1ccc(O)cc1)N1CCN(S(=O)(=O)c2cccc(Br)c2)CC1. The minimum atomic E-state index is -3.56. The average Bonchev–Trinajstić information content (AvgIpc) is 2.64. The minimum absolute atomic E-state index is 0.0461. The van der Waals surface area contributed by atoms with Crippen molar-refractivity contribution in [2.75, 3.05) is 26.2 Å². The third-order valence-electron chi connectivity index (χ3n) is 4.32. The van der Waals surface area contributed by atoms with Crippen LogP contribution in [0.25, 0.3) is 0 Å². The second kappa shape index (κ2) is 7.77. The van der Waals surface area contributed by atoms with Gasteiger partial charge in [-0.05, 0) is 35.9 Å². The van der Waals surface area contributed by atoms with Gasteiger partial charge in [-0.2, -0.15) is 4.31 Å². The Balaban J connectivity index is 1.61. The van der Waals surface area contributed by atoms with E-state index < -0.39 is 10.0 Å². The Kier molecular flexibility index (Phi) is 5.64. The molecule has 0 radical (unpaired) electrons. The van der Waals surface area contributed by atoms with E-state index in [2.05, 4.69) is 15.9 Å². The van der Waals surface area contributed by atoms with Crippen molar-refractivity contribution in [3.63, 3.8) is 0 Å². The van der Waals surface area contributed by atoms with E-state index in [-0.39, 0.29) is 36.1 Å². The van der Waals surface area contributed by atoms with Gasteiger partial charge in [-0.3, -0.25) is 4.79 Å². The van der Waals surface area contributed by atoms with E-state index >= 15 is 0 Å². The van der Waals surface area contributed by atoms with E-state index in [1.54, 1.807) is 53.4 Å². The Labute approximate surface area is 161 Å². The third-order valence-corrected chi connectivity index (χ3v) is 6.70. The van der Waals surface area contributed by atoms with Crippen LogP contribution in [0, 0.1) is 0 Å². The molecule has 2 aromatic carbocycles. The van der Waals surface area contributed by atoms with Gasteiger partial charge in [0.05, 0.1) is 11.3 Å². The number of benzene rings is 2. The largest absolute Gasteiger partial charge is 0.508 e. The monoisotopic (exact) mass is 438 g/mol. The molecule has 6 nitrogen and oxygen atoms in total. The molecule has 1 N–H and O–H groups in total. The molecule has 138 valence electrons. The maximum atomic E-state index is 12.7. The molecule has 0 aromatic heterocycles. The molecule has 0 saturated carbocycles. The number of carbonyl (C=O) groups is 1. The molecule has 0 unspecified atom stereocenters. The Morgan fingerprint density at radius 3 is 2.31 bits per heavy atom. The lowest BCUT2D eigenvalue weighted by molar-refractivity contribution is -0.131. The van der Waals surface area contributed by atoms with Crippen LogP contribution in [-0.4, -0.2) is 54.8 Å². The number of nitrogens with zero attached hydrogens (tertiary/aromatic N) is 2. The zero-order valence-electron chi connectivity index (χ0n) is 14.0. The summed E-state index contributed by atoms with van der Waals surface area (Å²) in [5, 5.41) is 9.30. The Hall–Kier alpha value is -1.90. The van der Waals surface area contributed by atoms with Gasteiger partial charge >= 0.3 is 0 Å². The van der Waals surface area contributed by atoms with Crippen LogP contribution in [0.15, 0.2) is 57.9 Å². The van der Waals surface area contributed by atoms with Gasteiger partial charge in [0, 0.05) is 30.7 Å². The van der Waals surface area contributed by atoms with E-state index in [1.807, 2.05) is 0 Å². The van der Waals surface area contributed by atoms with Crippen LogP contribution in [0.4, 0.5) is 0 Å². The number of piperazine rings is 1. The molecule has 0 spiro atoms. The second-order valence-corrected chi connectivity index (χ2v) is 8.94. The summed E-state index contributed by atoms with van der Waals surface area (Å²) < 4.78 is 27.6. The number of hydrogen-bond acceptors (Lipinski definition) is 4. The highest BCUT2D eigenvalue weighted by molar-refractivity contribution is 9.10. The van der Waals surface area contributed by atoms with Crippen molar-refractivity contribution in [2.24, 2.45) is 0 Å². The number of halogens is 1. The van der Waals surface area contributed by atoms with Gasteiger partial charge in [-0.25, -0.2) is 8.42 Å². The van der Waals surface area contributed by atoms with Crippen LogP contribution >= 0.6 is 15.9 Å². The predicted octanol–water partition coefficient (Wildman–Crippen LogP) is 2.23. The predicted molar refractivity (Wildman–Crippen MR) is 101 cm³/mol. The first-order chi connectivity index (χ1) is 12.4. The Morgan fingerprint density at radius 2 is 1.69 bits per heavy atom. The molecule has 26 heavy (non-hydrogen) atoms. The Morgan fingerprint density at radius 1 is 1.04 bits per heavy atom. The van der Waals surface area contributed by atoms with Crippen molar-refractivity contribution < 1.29 is 18.3 Å². The van der Waals surface area contributed by atoms with Crippen molar-refractivity contribution in [1.29, 1.82) is 0 Å². The summed E-state index contributed by atoms with van der Waals surface area (Å²) in [6.45, 7) is 1.28. The fraction of sp³-hybridized carbons (Fsp3) is 0.278. The lowest BCUT2D eigenvalue weighted by atomic mass is 10.1. The number of phenolic OH excluding ortho intramolecular Hbond substituents is 1. The standard InChI is InChI=1S/C18H19BrN2O4S/c19-15-2-1-3-17(13-15)26(24,25)21-10-8-20(9-11-21)18(23)12-14-4-6-16(22)7-5-14/h1-7,13,22H,8-12H2. The topological polar surface area (TPSA) is 77.9 Å². The highest BCUT2D eigenvalue weighted by Crippen LogP contribution is 2.21. The molecule has 0 aliphatic carbocycles. The quantitative estimate of drug-likeness (QED) is 0.793. The molecule has 1 heterocycles. The van der Waals surface area contributed by atoms with E-state index in [1.165, 1.54) is 4.31 Å². The second-order valence-electron chi connectivity index (χ2n) is 6.09. The number of aromatic hydroxyl groups is 1. The van der Waals surface area contributed by atoms with Crippen molar-refractivity contribution in [1.82, 2.24) is 9.21 Å². The molecule has 1 amide bonds. The van der Waals surface area contributed by atoms with Crippen LogP contribution < -0.4 is 0 Å². The van der Waals surface area contributed by atoms with Crippen LogP contribution in [0.5, 0.6) is 5.75 Å². The number of rotatable bonds is 4. The summed E-state index contributed by atoms with van der Waals surface area (Å²) in [6.07, 6.45) is 0.235. The number of sulfonamides is 1. The molecular weight excluding hydrogens is 420 g/mol. The molecule has 2 aromatic rings. The fourth-order valence-electron chi connectivity index (χ4n) is 2.85. The van der Waals surface area contributed by atoms with Crippen LogP contribution in [0.1, 0.15) is 5.56 Å². The van der Waals surface area contributed by atoms with E-state index in [4.69, 9.17) is 0 Å². The zero-order chi connectivity index (χ0) is 18.7. The summed E-state index contributed by atoms with van der Waals surface area (Å²) in [5.74, 6) is 0.114. The highest BCUT2D eigenvalue weighted by Gasteiger charge is 2.30. The van der Waals surface area contributed by atoms with Crippen LogP contribution in [-0.2, 0) is 21.2 Å². The van der Waals surface area contributed by atoms with Gasteiger partial charge in [-0.15, -0.1) is 0 Å². The molecule has 1 fully saturated rings. The van der Waals surface area contributed by atoms with Gasteiger partial charge in [-0.1, -0.05) is 34.1 Å². The van der Waals surface area contributed by atoms with Gasteiger partial charge in [0.2, 0.25) is 15.9 Å². The lowest BCUT2D eigenvalue weighted by Crippen LogP contribution is -2.50. The van der Waals surface area contributed by atoms with E-state index in [0.717, 1.165) is 5.56 Å². The number of hydrogen-bond donors (Lipinski definition) is 1. The van der Waals surface area contributed by atoms with Crippen molar-refractivity contribution in [3.05, 3.63) is 58.6 Å². The lowest BCUT2D eigenvalue weighted by Gasteiger charge is -2.34. The van der Waals surface area contributed by atoms with Gasteiger partial charge in [0.1, 0.15) is 5.75 Å². The fourth-order valence-corrected chi connectivity index (χ4v) is 4.87. The normalized spacial score (nSPS) is 15.8. The minimum Gasteiger partial charge on any atom is -0.508 e. The summed E-state index contributed by atoms with van der Waals surface area (Å²) in [4.78, 5) is 14.3. The smallest absolute Gasteiger partial charge is 0.243 e. The molecule has 0 atom stereocenters. The van der Waals surface area contributed by atoms with Gasteiger partial charge < -0.3 is 10.0 Å². The summed E-state index contributed by atoms with van der Waals surface area (Å²) >= 11 is 3.29. The van der Waals surface area contributed by atoms with Crippen molar-refractivity contribution >= 4 is 31.9 Å². The molecule has 8 heteroatoms. The van der Waals surface area contributed by atoms with Gasteiger partial charge in [0.25, 0.3) is 0 Å². The molecule has 1 aliphatic heterocycles. The highest BCUT2D eigenvalue weighted by atomic mass is 79.9. The van der Waals surface area contributed by atoms with Crippen LogP contribution in [0.2, 0.25) is 0 Å². The van der Waals surface area contributed by atoms with E-state index in [0.29, 0.717) is 17.6 Å². The number of amides is 1.